The number of hydrogen-bond donors (Lipinski definition) is 3. The predicted molar refractivity (Wildman–Crippen MR) is 52.7 cm³/mol. The van der Waals surface area contributed by atoms with Crippen molar-refractivity contribution in [3.8, 4) is 0 Å². The molecule has 76 valence electrons. The maximum Gasteiger partial charge on any atom is 0.324 e. The molecule has 1 fully saturated rings. The second-order valence-electron chi connectivity index (χ2n) is 3.01. The van der Waals surface area contributed by atoms with Crippen LogP contribution in [-0.4, -0.2) is 33.8 Å². The summed E-state index contributed by atoms with van der Waals surface area (Å²) in [5, 5.41) is 2.01. The summed E-state index contributed by atoms with van der Waals surface area (Å²) in [6.45, 7) is -2.26. The number of piperidine rings is 1. The highest BCUT2D eigenvalue weighted by Crippen LogP contribution is 2.29. The van der Waals surface area contributed by atoms with Gasteiger partial charge >= 0.3 is 6.03 Å². The molecular weight excluding hydrogens is 211 g/mol. The van der Waals surface area contributed by atoms with Crippen molar-refractivity contribution in [2.75, 3.05) is 13.1 Å². The van der Waals surface area contributed by atoms with Crippen LogP contribution in [0.2, 0.25) is 0 Å². The standard InChI is InChI=1S/C6H13N2O3PS/c9-6(7-12(10,11)13)8-4-2-1-3-5-8/h1-5H2,(H3,7,9,10,11,13). The number of nitrogens with zero attached hydrogens (tertiary/aromatic N) is 1. The molecule has 0 aromatic heterocycles. The average Bonchev–Trinajstić information content (AvgIpc) is 2.03. The van der Waals surface area contributed by atoms with Crippen molar-refractivity contribution >= 4 is 24.5 Å². The van der Waals surface area contributed by atoms with E-state index in [9.17, 15) is 4.79 Å². The van der Waals surface area contributed by atoms with Crippen molar-refractivity contribution in [2.24, 2.45) is 0 Å². The number of nitrogens with one attached hydrogen (secondary N) is 1. The molecule has 1 saturated heterocycles. The van der Waals surface area contributed by atoms with Crippen LogP contribution in [-0.2, 0) is 11.8 Å². The number of amides is 2. The van der Waals surface area contributed by atoms with Crippen molar-refractivity contribution in [1.29, 1.82) is 0 Å². The van der Waals surface area contributed by atoms with Gasteiger partial charge in [0.2, 0.25) is 0 Å². The van der Waals surface area contributed by atoms with Gasteiger partial charge in [0.1, 0.15) is 0 Å². The Kier molecular flexibility index (Phi) is 3.67. The molecule has 0 aromatic carbocycles. The zero-order chi connectivity index (χ0) is 9.90. The van der Waals surface area contributed by atoms with Crippen molar-refractivity contribution < 1.29 is 14.6 Å². The van der Waals surface area contributed by atoms with E-state index in [-0.39, 0.29) is 0 Å². The smallest absolute Gasteiger partial charge is 0.324 e. The zero-order valence-electron chi connectivity index (χ0n) is 7.14. The van der Waals surface area contributed by atoms with Crippen LogP contribution in [0.25, 0.3) is 0 Å². The molecule has 0 saturated carbocycles. The maximum atomic E-state index is 11.3. The molecule has 0 aromatic rings. The second-order valence-corrected chi connectivity index (χ2v) is 5.85. The van der Waals surface area contributed by atoms with Gasteiger partial charge in [-0.3, -0.25) is 5.09 Å². The highest BCUT2D eigenvalue weighted by Gasteiger charge is 2.20. The third kappa shape index (κ3) is 4.04. The van der Waals surface area contributed by atoms with Gasteiger partial charge in [0, 0.05) is 13.1 Å². The van der Waals surface area contributed by atoms with E-state index in [2.05, 4.69) is 11.8 Å². The molecule has 0 atom stereocenters. The number of urea groups is 1. The minimum Gasteiger partial charge on any atom is -0.330 e. The van der Waals surface area contributed by atoms with Crippen molar-refractivity contribution in [3.05, 3.63) is 0 Å². The molecular formula is C6H13N2O3PS. The maximum absolute atomic E-state index is 11.3. The predicted octanol–water partition coefficient (Wildman–Crippen LogP) is 0.391. The van der Waals surface area contributed by atoms with E-state index < -0.39 is 12.7 Å². The first-order valence-electron chi connectivity index (χ1n) is 4.12. The molecule has 1 heterocycles. The molecule has 0 bridgehead atoms. The van der Waals surface area contributed by atoms with E-state index >= 15 is 0 Å². The molecule has 0 spiro atoms. The Balaban J connectivity index is 2.42. The number of carbonyl (C=O) groups is 1. The van der Waals surface area contributed by atoms with Crippen LogP contribution in [0.3, 0.4) is 0 Å². The molecule has 0 unspecified atom stereocenters. The molecule has 0 aliphatic carbocycles. The van der Waals surface area contributed by atoms with Gasteiger partial charge in [-0.25, -0.2) is 4.79 Å². The van der Waals surface area contributed by atoms with Gasteiger partial charge in [0.25, 0.3) is 6.64 Å². The zero-order valence-corrected chi connectivity index (χ0v) is 8.85. The molecule has 1 rings (SSSR count). The Bertz CT molecular complexity index is 236. The van der Waals surface area contributed by atoms with Crippen molar-refractivity contribution in [1.82, 2.24) is 9.99 Å². The summed E-state index contributed by atoms with van der Waals surface area (Å²) in [7, 11) is 0. The highest BCUT2D eigenvalue weighted by atomic mass is 32.5. The first-order valence-corrected chi connectivity index (χ1v) is 6.82. The fourth-order valence-corrected chi connectivity index (χ4v) is 1.92. The Morgan fingerprint density at radius 3 is 2.31 bits per heavy atom. The van der Waals surface area contributed by atoms with Crippen LogP contribution >= 0.6 is 6.64 Å². The Morgan fingerprint density at radius 2 is 1.85 bits per heavy atom. The van der Waals surface area contributed by atoms with E-state index in [0.717, 1.165) is 19.3 Å². The molecule has 1 aliphatic rings. The van der Waals surface area contributed by atoms with Gasteiger partial charge in [-0.05, 0) is 31.1 Å². The summed E-state index contributed by atoms with van der Waals surface area (Å²) in [6.07, 6.45) is 3.05. The third-order valence-corrected chi connectivity index (χ3v) is 2.64. The number of hydrogen-bond acceptors (Lipinski definition) is 2. The van der Waals surface area contributed by atoms with Gasteiger partial charge in [-0.1, -0.05) is 0 Å². The lowest BCUT2D eigenvalue weighted by atomic mass is 10.1. The number of rotatable bonds is 1. The van der Waals surface area contributed by atoms with E-state index in [4.69, 9.17) is 9.79 Å². The Labute approximate surface area is 82.0 Å². The van der Waals surface area contributed by atoms with E-state index in [0.29, 0.717) is 13.1 Å². The molecule has 7 heteroatoms. The van der Waals surface area contributed by atoms with Gasteiger partial charge in [-0.2, -0.15) is 0 Å². The lowest BCUT2D eigenvalue weighted by molar-refractivity contribution is 0.191. The number of carbonyl (C=O) groups excluding carboxylic acids is 1. The normalized spacial score (nSPS) is 18.5. The summed E-state index contributed by atoms with van der Waals surface area (Å²) in [6, 6.07) is -0.465. The van der Waals surface area contributed by atoms with Gasteiger partial charge in [0.15, 0.2) is 0 Å². The summed E-state index contributed by atoms with van der Waals surface area (Å²) in [5.41, 5.74) is 0. The quantitative estimate of drug-likeness (QED) is 0.563. The summed E-state index contributed by atoms with van der Waals surface area (Å²) in [5.74, 6) is 0. The third-order valence-electron chi connectivity index (χ3n) is 1.88. The minimum absolute atomic E-state index is 0.465. The van der Waals surface area contributed by atoms with E-state index in [1.807, 2.05) is 5.09 Å². The van der Waals surface area contributed by atoms with Gasteiger partial charge < -0.3 is 14.7 Å². The van der Waals surface area contributed by atoms with E-state index in [1.165, 1.54) is 0 Å². The molecule has 1 aliphatic heterocycles. The number of likely N-dealkylation sites (tertiary alicyclic amines) is 1. The monoisotopic (exact) mass is 224 g/mol. The molecule has 2 amide bonds. The summed E-state index contributed by atoms with van der Waals surface area (Å²) >= 11 is 4.29. The average molecular weight is 224 g/mol. The second kappa shape index (κ2) is 4.37. The lowest BCUT2D eigenvalue weighted by Gasteiger charge is -2.27. The highest BCUT2D eigenvalue weighted by molar-refractivity contribution is 8.08. The molecule has 0 radical (unpaired) electrons. The van der Waals surface area contributed by atoms with Crippen LogP contribution < -0.4 is 5.09 Å². The first-order chi connectivity index (χ1) is 5.99. The fourth-order valence-electron chi connectivity index (χ4n) is 1.29. The first kappa shape index (κ1) is 10.9. The van der Waals surface area contributed by atoms with Crippen LogP contribution in [0.5, 0.6) is 0 Å². The SMILES string of the molecule is O=C(NP(O)(O)=S)N1CCCCC1. The summed E-state index contributed by atoms with van der Waals surface area (Å²) in [4.78, 5) is 30.5. The lowest BCUT2D eigenvalue weighted by Crippen LogP contribution is -2.41. The van der Waals surface area contributed by atoms with Crippen molar-refractivity contribution in [3.63, 3.8) is 0 Å². The van der Waals surface area contributed by atoms with Crippen molar-refractivity contribution in [2.45, 2.75) is 19.3 Å². The Hall–Kier alpha value is -0.160. The van der Waals surface area contributed by atoms with E-state index in [1.54, 1.807) is 4.90 Å². The van der Waals surface area contributed by atoms with Crippen LogP contribution in [0, 0.1) is 0 Å². The molecule has 5 nitrogen and oxygen atoms in total. The van der Waals surface area contributed by atoms with Gasteiger partial charge in [0.05, 0.1) is 0 Å². The largest absolute Gasteiger partial charge is 0.330 e. The molecule has 3 N–H and O–H groups in total. The summed E-state index contributed by atoms with van der Waals surface area (Å²) < 4.78 is 0. The van der Waals surface area contributed by atoms with Crippen LogP contribution in [0.15, 0.2) is 0 Å². The van der Waals surface area contributed by atoms with Gasteiger partial charge in [-0.15, -0.1) is 0 Å². The Morgan fingerprint density at radius 1 is 1.31 bits per heavy atom. The fraction of sp³-hybridized carbons (Fsp3) is 0.833. The minimum atomic E-state index is -3.60. The van der Waals surface area contributed by atoms with Crippen LogP contribution in [0.4, 0.5) is 4.79 Å². The van der Waals surface area contributed by atoms with Crippen LogP contribution in [0.1, 0.15) is 19.3 Å². The molecule has 13 heavy (non-hydrogen) atoms. The topological polar surface area (TPSA) is 72.8 Å².